The monoisotopic (exact) mass is 281 g/mol. The lowest BCUT2D eigenvalue weighted by molar-refractivity contribution is 0.548. The van der Waals surface area contributed by atoms with Gasteiger partial charge in [0.1, 0.15) is 5.82 Å². The maximum absolute atomic E-state index is 4.73. The van der Waals surface area contributed by atoms with Gasteiger partial charge in [-0.1, -0.05) is 19.9 Å². The Balaban J connectivity index is 2.60. The fourth-order valence-electron chi connectivity index (χ4n) is 1.83. The van der Waals surface area contributed by atoms with Crippen molar-refractivity contribution in [2.75, 3.05) is 30.5 Å². The molecule has 0 fully saturated rings. The van der Waals surface area contributed by atoms with E-state index in [0.29, 0.717) is 12.0 Å². The largest absolute Gasteiger partial charge is 0.356 e. The molecule has 0 radical (unpaired) electrons. The van der Waals surface area contributed by atoms with E-state index in [1.165, 1.54) is 0 Å². The van der Waals surface area contributed by atoms with Gasteiger partial charge in [0, 0.05) is 25.4 Å². The van der Waals surface area contributed by atoms with Crippen molar-refractivity contribution in [3.8, 4) is 0 Å². The molecule has 1 unspecified atom stereocenters. The van der Waals surface area contributed by atoms with Crippen molar-refractivity contribution in [2.45, 2.75) is 33.4 Å². The first-order valence-corrected chi connectivity index (χ1v) is 8.32. The Kier molecular flexibility index (Phi) is 7.24. The zero-order valence-electron chi connectivity index (χ0n) is 12.8. The topological polar surface area (TPSA) is 28.2 Å². The lowest BCUT2D eigenvalue weighted by Crippen LogP contribution is -2.31. The lowest BCUT2D eigenvalue weighted by Gasteiger charge is -2.25. The van der Waals surface area contributed by atoms with Gasteiger partial charge < -0.3 is 10.2 Å². The first kappa shape index (κ1) is 16.3. The Hall–Kier alpha value is -0.740. The molecule has 1 N–H and O–H groups in total. The van der Waals surface area contributed by atoms with Crippen LogP contribution in [0.1, 0.15) is 26.5 Å². The van der Waals surface area contributed by atoms with Gasteiger partial charge in [0.25, 0.3) is 0 Å². The summed E-state index contributed by atoms with van der Waals surface area (Å²) in [6.45, 7) is 8.55. The quantitative estimate of drug-likeness (QED) is 0.793. The number of hydrogen-bond donors (Lipinski definition) is 1. The smallest absolute Gasteiger partial charge is 0.128 e. The summed E-state index contributed by atoms with van der Waals surface area (Å²) < 4.78 is 0. The highest BCUT2D eigenvalue weighted by atomic mass is 32.2. The third kappa shape index (κ3) is 5.83. The van der Waals surface area contributed by atoms with Crippen LogP contribution in [-0.4, -0.2) is 36.6 Å². The van der Waals surface area contributed by atoms with E-state index >= 15 is 0 Å². The molecule has 0 bridgehead atoms. The van der Waals surface area contributed by atoms with Gasteiger partial charge in [-0.3, -0.25) is 0 Å². The summed E-state index contributed by atoms with van der Waals surface area (Å²) in [4.78, 5) is 6.98. The van der Waals surface area contributed by atoms with Crippen LogP contribution in [0.25, 0.3) is 0 Å². The Bertz CT molecular complexity index is 368. The molecule has 0 aliphatic carbocycles. The van der Waals surface area contributed by atoms with Crippen LogP contribution in [-0.2, 0) is 6.54 Å². The molecule has 3 nitrogen and oxygen atoms in total. The Labute approximate surface area is 122 Å². The average Bonchev–Trinajstić information content (AvgIpc) is 2.38. The SMILES string of the molecule is CSCC(C)N(C)c1cccc(CNCC(C)C)n1. The second kappa shape index (κ2) is 8.43. The lowest BCUT2D eigenvalue weighted by atomic mass is 10.2. The molecule has 4 heteroatoms. The van der Waals surface area contributed by atoms with Crippen molar-refractivity contribution >= 4 is 17.6 Å². The molecule has 1 aromatic rings. The van der Waals surface area contributed by atoms with Crippen molar-refractivity contribution in [1.29, 1.82) is 0 Å². The van der Waals surface area contributed by atoms with Gasteiger partial charge in [-0.15, -0.1) is 0 Å². The highest BCUT2D eigenvalue weighted by Crippen LogP contribution is 2.14. The summed E-state index contributed by atoms with van der Waals surface area (Å²) in [6, 6.07) is 6.77. The van der Waals surface area contributed by atoms with Gasteiger partial charge in [0.15, 0.2) is 0 Å². The van der Waals surface area contributed by atoms with Crippen molar-refractivity contribution in [3.05, 3.63) is 23.9 Å². The minimum Gasteiger partial charge on any atom is -0.356 e. The van der Waals surface area contributed by atoms with Crippen LogP contribution < -0.4 is 10.2 Å². The maximum Gasteiger partial charge on any atom is 0.128 e. The summed E-state index contributed by atoms with van der Waals surface area (Å²) in [5.74, 6) is 2.85. The van der Waals surface area contributed by atoms with Crippen LogP contribution in [0.2, 0.25) is 0 Å². The predicted octanol–water partition coefficient (Wildman–Crippen LogP) is 3.01. The van der Waals surface area contributed by atoms with Crippen LogP contribution in [0.15, 0.2) is 18.2 Å². The fraction of sp³-hybridized carbons (Fsp3) is 0.667. The van der Waals surface area contributed by atoms with Crippen molar-refractivity contribution in [2.24, 2.45) is 5.92 Å². The summed E-state index contributed by atoms with van der Waals surface area (Å²) in [5.41, 5.74) is 1.11. The van der Waals surface area contributed by atoms with Gasteiger partial charge in [-0.2, -0.15) is 11.8 Å². The molecule has 0 saturated heterocycles. The summed E-state index contributed by atoms with van der Waals surface area (Å²) in [6.07, 6.45) is 2.14. The molecule has 0 aliphatic heterocycles. The highest BCUT2D eigenvalue weighted by molar-refractivity contribution is 7.98. The number of hydrogen-bond acceptors (Lipinski definition) is 4. The minimum atomic E-state index is 0.501. The molecule has 0 aromatic carbocycles. The fourth-order valence-corrected chi connectivity index (χ4v) is 2.54. The van der Waals surface area contributed by atoms with E-state index < -0.39 is 0 Å². The number of anilines is 1. The van der Waals surface area contributed by atoms with Gasteiger partial charge >= 0.3 is 0 Å². The molecule has 0 amide bonds. The molecule has 0 aliphatic rings. The Morgan fingerprint density at radius 2 is 2.05 bits per heavy atom. The van der Waals surface area contributed by atoms with E-state index in [1.54, 1.807) is 0 Å². The number of rotatable bonds is 8. The van der Waals surface area contributed by atoms with Crippen molar-refractivity contribution in [3.63, 3.8) is 0 Å². The zero-order chi connectivity index (χ0) is 14.3. The summed E-state index contributed by atoms with van der Waals surface area (Å²) in [7, 11) is 2.12. The Morgan fingerprint density at radius 1 is 1.32 bits per heavy atom. The van der Waals surface area contributed by atoms with Gasteiger partial charge in [-0.05, 0) is 37.8 Å². The van der Waals surface area contributed by atoms with E-state index in [-0.39, 0.29) is 0 Å². The molecule has 1 atom stereocenters. The molecular weight excluding hydrogens is 254 g/mol. The molecule has 0 saturated carbocycles. The normalized spacial score (nSPS) is 12.7. The number of nitrogens with one attached hydrogen (secondary N) is 1. The first-order chi connectivity index (χ1) is 9.04. The summed E-state index contributed by atoms with van der Waals surface area (Å²) in [5, 5.41) is 3.44. The van der Waals surface area contributed by atoms with Crippen molar-refractivity contribution < 1.29 is 0 Å². The zero-order valence-corrected chi connectivity index (χ0v) is 13.6. The second-order valence-corrected chi connectivity index (χ2v) is 6.34. The average molecular weight is 281 g/mol. The maximum atomic E-state index is 4.73. The number of thioether (sulfide) groups is 1. The molecule has 1 aromatic heterocycles. The molecule has 108 valence electrons. The van der Waals surface area contributed by atoms with Gasteiger partial charge in [-0.25, -0.2) is 4.98 Å². The third-order valence-corrected chi connectivity index (χ3v) is 3.90. The molecule has 1 heterocycles. The van der Waals surface area contributed by atoms with E-state index in [0.717, 1.165) is 30.4 Å². The predicted molar refractivity (Wildman–Crippen MR) is 87.0 cm³/mol. The Morgan fingerprint density at radius 3 is 2.68 bits per heavy atom. The van der Waals surface area contributed by atoms with E-state index in [9.17, 15) is 0 Å². The van der Waals surface area contributed by atoms with Crippen LogP contribution in [0.4, 0.5) is 5.82 Å². The first-order valence-electron chi connectivity index (χ1n) is 6.93. The molecule has 19 heavy (non-hydrogen) atoms. The van der Waals surface area contributed by atoms with Crippen LogP contribution in [0.3, 0.4) is 0 Å². The standard InChI is InChI=1S/C15H27N3S/c1-12(2)9-16-10-14-7-6-8-15(17-14)18(4)13(3)11-19-5/h6-8,12-13,16H,9-11H2,1-5H3. The number of nitrogens with zero attached hydrogens (tertiary/aromatic N) is 2. The number of pyridine rings is 1. The molecule has 0 spiro atoms. The van der Waals surface area contributed by atoms with Crippen LogP contribution >= 0.6 is 11.8 Å². The van der Waals surface area contributed by atoms with Gasteiger partial charge in [0.05, 0.1) is 5.69 Å². The third-order valence-electron chi connectivity index (χ3n) is 3.08. The molecule has 1 rings (SSSR count). The summed E-state index contributed by atoms with van der Waals surface area (Å²) >= 11 is 1.87. The highest BCUT2D eigenvalue weighted by Gasteiger charge is 2.10. The van der Waals surface area contributed by atoms with Crippen LogP contribution in [0.5, 0.6) is 0 Å². The minimum absolute atomic E-state index is 0.501. The van der Waals surface area contributed by atoms with E-state index in [4.69, 9.17) is 4.98 Å². The second-order valence-electron chi connectivity index (χ2n) is 5.43. The van der Waals surface area contributed by atoms with E-state index in [1.807, 2.05) is 11.8 Å². The molecular formula is C15H27N3S. The number of aromatic nitrogens is 1. The van der Waals surface area contributed by atoms with E-state index in [2.05, 4.69) is 62.5 Å². The van der Waals surface area contributed by atoms with Crippen molar-refractivity contribution in [1.82, 2.24) is 10.3 Å². The van der Waals surface area contributed by atoms with Crippen LogP contribution in [0, 0.1) is 5.92 Å². The van der Waals surface area contributed by atoms with Gasteiger partial charge in [0.2, 0.25) is 0 Å².